The van der Waals surface area contributed by atoms with Crippen LogP contribution in [-0.2, 0) is 11.3 Å². The van der Waals surface area contributed by atoms with Crippen molar-refractivity contribution in [3.63, 3.8) is 0 Å². The molecular formula is C17H19Cl2N3O2. The molecule has 1 aliphatic heterocycles. The third kappa shape index (κ3) is 3.42. The molecule has 0 aliphatic carbocycles. The molecule has 1 amide bonds. The molecule has 0 saturated carbocycles. The first-order valence-corrected chi connectivity index (χ1v) is 8.72. The van der Waals surface area contributed by atoms with E-state index in [1.165, 1.54) is 17.0 Å². The Morgan fingerprint density at radius 2 is 1.92 bits per heavy atom. The predicted molar refractivity (Wildman–Crippen MR) is 95.5 cm³/mol. The summed E-state index contributed by atoms with van der Waals surface area (Å²) in [6.45, 7) is 5.73. The molecule has 0 radical (unpaired) electrons. The van der Waals surface area contributed by atoms with Gasteiger partial charge in [0.25, 0.3) is 5.56 Å². The van der Waals surface area contributed by atoms with Crippen LogP contribution < -0.4 is 5.56 Å². The third-order valence-corrected chi connectivity index (χ3v) is 4.88. The van der Waals surface area contributed by atoms with Crippen molar-refractivity contribution >= 4 is 40.0 Å². The van der Waals surface area contributed by atoms with Gasteiger partial charge < -0.3 is 4.90 Å². The molecule has 1 aromatic heterocycles. The number of hydrogen-bond acceptors (Lipinski definition) is 3. The van der Waals surface area contributed by atoms with Crippen molar-refractivity contribution < 1.29 is 4.79 Å². The molecule has 0 N–H and O–H groups in total. The molecule has 0 bridgehead atoms. The van der Waals surface area contributed by atoms with Gasteiger partial charge >= 0.3 is 0 Å². The van der Waals surface area contributed by atoms with E-state index in [0.717, 1.165) is 19.5 Å². The maximum absolute atomic E-state index is 12.6. The molecule has 2 aromatic rings. The molecule has 1 fully saturated rings. The fraction of sp³-hybridized carbons (Fsp3) is 0.471. The number of likely N-dealkylation sites (tertiary alicyclic amines) is 1. The van der Waals surface area contributed by atoms with E-state index in [1.807, 2.05) is 4.90 Å². The highest BCUT2D eigenvalue weighted by molar-refractivity contribution is 6.38. The summed E-state index contributed by atoms with van der Waals surface area (Å²) >= 11 is 12.0. The van der Waals surface area contributed by atoms with Crippen LogP contribution in [0, 0.1) is 11.8 Å². The van der Waals surface area contributed by atoms with E-state index >= 15 is 0 Å². The topological polar surface area (TPSA) is 55.2 Å². The number of fused-ring (bicyclic) bond motifs is 1. The van der Waals surface area contributed by atoms with Gasteiger partial charge in [-0.2, -0.15) is 0 Å². The van der Waals surface area contributed by atoms with Gasteiger partial charge in [0, 0.05) is 18.1 Å². The fourth-order valence-corrected chi connectivity index (χ4v) is 3.96. The van der Waals surface area contributed by atoms with Gasteiger partial charge in [-0.15, -0.1) is 0 Å². The number of hydrogen-bond donors (Lipinski definition) is 0. The molecule has 2 heterocycles. The Bertz CT molecular complexity index is 840. The number of rotatable bonds is 2. The van der Waals surface area contributed by atoms with Gasteiger partial charge in [-0.1, -0.05) is 37.0 Å². The van der Waals surface area contributed by atoms with Crippen LogP contribution in [0.4, 0.5) is 0 Å². The maximum Gasteiger partial charge on any atom is 0.261 e. The number of halogens is 2. The Labute approximate surface area is 150 Å². The molecule has 3 rings (SSSR count). The maximum atomic E-state index is 12.6. The Balaban J connectivity index is 1.89. The van der Waals surface area contributed by atoms with Crippen LogP contribution in [0.25, 0.3) is 10.9 Å². The van der Waals surface area contributed by atoms with Crippen LogP contribution in [0.2, 0.25) is 10.0 Å². The highest BCUT2D eigenvalue weighted by Gasteiger charge is 2.25. The number of benzene rings is 1. The Morgan fingerprint density at radius 1 is 1.25 bits per heavy atom. The zero-order valence-electron chi connectivity index (χ0n) is 13.6. The SMILES string of the molecule is CC1CC(C)CN(C(=O)Cn2cnc3c(Cl)cc(Cl)cc3c2=O)C1. The first kappa shape index (κ1) is 17.2. The van der Waals surface area contributed by atoms with Gasteiger partial charge in [0.15, 0.2) is 0 Å². The summed E-state index contributed by atoms with van der Waals surface area (Å²) in [7, 11) is 0. The summed E-state index contributed by atoms with van der Waals surface area (Å²) in [6, 6.07) is 3.08. The number of piperidine rings is 1. The minimum atomic E-state index is -0.309. The average Bonchev–Trinajstić information content (AvgIpc) is 2.49. The molecule has 1 aliphatic rings. The van der Waals surface area contributed by atoms with Crippen LogP contribution in [0.1, 0.15) is 20.3 Å². The third-order valence-electron chi connectivity index (χ3n) is 4.37. The molecule has 1 saturated heterocycles. The predicted octanol–water partition coefficient (Wildman–Crippen LogP) is 3.21. The van der Waals surface area contributed by atoms with Gasteiger partial charge in [0.1, 0.15) is 6.54 Å². The van der Waals surface area contributed by atoms with Gasteiger partial charge in [-0.25, -0.2) is 4.98 Å². The van der Waals surface area contributed by atoms with E-state index in [9.17, 15) is 9.59 Å². The monoisotopic (exact) mass is 367 g/mol. The van der Waals surface area contributed by atoms with Gasteiger partial charge in [0.05, 0.1) is 22.3 Å². The van der Waals surface area contributed by atoms with Crippen LogP contribution >= 0.6 is 23.2 Å². The van der Waals surface area contributed by atoms with E-state index in [1.54, 1.807) is 6.07 Å². The van der Waals surface area contributed by atoms with Crippen molar-refractivity contribution in [2.45, 2.75) is 26.8 Å². The lowest BCUT2D eigenvalue weighted by molar-refractivity contribution is -0.134. The summed E-state index contributed by atoms with van der Waals surface area (Å²) in [5.74, 6) is 0.883. The quantitative estimate of drug-likeness (QED) is 0.818. The number of nitrogens with zero attached hydrogens (tertiary/aromatic N) is 3. The highest BCUT2D eigenvalue weighted by Crippen LogP contribution is 2.24. The van der Waals surface area contributed by atoms with Gasteiger partial charge in [0.2, 0.25) is 5.91 Å². The number of carbonyl (C=O) groups is 1. The zero-order chi connectivity index (χ0) is 17.4. The van der Waals surface area contributed by atoms with Crippen molar-refractivity contribution in [2.24, 2.45) is 11.8 Å². The minimum absolute atomic E-state index is 0.0225. The Hall–Kier alpha value is -1.59. The molecule has 5 nitrogen and oxygen atoms in total. The highest BCUT2D eigenvalue weighted by atomic mass is 35.5. The molecule has 7 heteroatoms. The zero-order valence-corrected chi connectivity index (χ0v) is 15.1. The van der Waals surface area contributed by atoms with Crippen molar-refractivity contribution in [1.29, 1.82) is 0 Å². The molecule has 128 valence electrons. The summed E-state index contributed by atoms with van der Waals surface area (Å²) in [6.07, 6.45) is 2.50. The average molecular weight is 368 g/mol. The van der Waals surface area contributed by atoms with Crippen molar-refractivity contribution in [2.75, 3.05) is 13.1 Å². The van der Waals surface area contributed by atoms with E-state index < -0.39 is 0 Å². The molecule has 2 atom stereocenters. The van der Waals surface area contributed by atoms with Crippen molar-refractivity contribution in [1.82, 2.24) is 14.5 Å². The van der Waals surface area contributed by atoms with Gasteiger partial charge in [-0.05, 0) is 30.4 Å². The van der Waals surface area contributed by atoms with Crippen molar-refractivity contribution in [3.8, 4) is 0 Å². The van der Waals surface area contributed by atoms with Crippen LogP contribution in [0.15, 0.2) is 23.3 Å². The first-order valence-electron chi connectivity index (χ1n) is 7.97. The second-order valence-electron chi connectivity index (χ2n) is 6.71. The van der Waals surface area contributed by atoms with Crippen LogP contribution in [0.3, 0.4) is 0 Å². The molecule has 2 unspecified atom stereocenters. The van der Waals surface area contributed by atoms with E-state index in [2.05, 4.69) is 18.8 Å². The Morgan fingerprint density at radius 3 is 2.58 bits per heavy atom. The second kappa shape index (κ2) is 6.73. The summed E-state index contributed by atoms with van der Waals surface area (Å²) in [5, 5.41) is 1.02. The standard InChI is InChI=1S/C17H19Cl2N3O2/c1-10-3-11(2)7-21(6-10)15(23)8-22-9-20-16-13(17(22)24)4-12(18)5-14(16)19/h4-5,9-11H,3,6-8H2,1-2H3. The van der Waals surface area contributed by atoms with Gasteiger partial charge in [-0.3, -0.25) is 14.2 Å². The lowest BCUT2D eigenvalue weighted by atomic mass is 9.92. The fourth-order valence-electron chi connectivity index (χ4n) is 3.42. The number of aromatic nitrogens is 2. The Kier molecular flexibility index (Phi) is 4.83. The normalized spacial score (nSPS) is 21.2. The number of amides is 1. The molecule has 0 spiro atoms. The smallest absolute Gasteiger partial charge is 0.261 e. The second-order valence-corrected chi connectivity index (χ2v) is 7.55. The van der Waals surface area contributed by atoms with Crippen LogP contribution in [0.5, 0.6) is 0 Å². The minimum Gasteiger partial charge on any atom is -0.341 e. The number of carbonyl (C=O) groups excluding carboxylic acids is 1. The lowest BCUT2D eigenvalue weighted by Crippen LogP contribution is -2.44. The summed E-state index contributed by atoms with van der Waals surface area (Å²) in [5.41, 5.74) is 0.0887. The molecular weight excluding hydrogens is 349 g/mol. The first-order chi connectivity index (χ1) is 11.3. The lowest BCUT2D eigenvalue weighted by Gasteiger charge is -2.35. The molecule has 1 aromatic carbocycles. The van der Waals surface area contributed by atoms with Crippen molar-refractivity contribution in [3.05, 3.63) is 38.9 Å². The van der Waals surface area contributed by atoms with Crippen LogP contribution in [-0.4, -0.2) is 33.4 Å². The summed E-state index contributed by atoms with van der Waals surface area (Å²) < 4.78 is 1.32. The van der Waals surface area contributed by atoms with E-state index in [4.69, 9.17) is 23.2 Å². The van der Waals surface area contributed by atoms with E-state index in [0.29, 0.717) is 32.8 Å². The largest absolute Gasteiger partial charge is 0.341 e. The molecule has 24 heavy (non-hydrogen) atoms. The van der Waals surface area contributed by atoms with E-state index in [-0.39, 0.29) is 18.0 Å². The summed E-state index contributed by atoms with van der Waals surface area (Å²) in [4.78, 5) is 31.2.